The maximum absolute atomic E-state index is 5.73. The molecule has 2 bridgehead atoms. The molecule has 1 N–H and O–H groups in total. The number of nitrogens with zero attached hydrogens (tertiary/aromatic N) is 5. The number of anilines is 1. The molecule has 5 rings (SSSR count). The highest BCUT2D eigenvalue weighted by atomic mass is 79.9. The van der Waals surface area contributed by atoms with Crippen molar-refractivity contribution in [3.05, 3.63) is 28.1 Å². The fourth-order valence-electron chi connectivity index (χ4n) is 3.86. The summed E-state index contributed by atoms with van der Waals surface area (Å²) in [5, 5.41) is 11.9. The Morgan fingerprint density at radius 3 is 2.92 bits per heavy atom. The van der Waals surface area contributed by atoms with Gasteiger partial charge < -0.3 is 9.64 Å². The quantitative estimate of drug-likeness (QED) is 0.729. The lowest BCUT2D eigenvalue weighted by Gasteiger charge is -2.28. The number of aryl methyl sites for hydroxylation is 2. The predicted molar refractivity (Wildman–Crippen MR) is 93.2 cm³/mol. The van der Waals surface area contributed by atoms with Gasteiger partial charge in [0.05, 0.1) is 40.8 Å². The van der Waals surface area contributed by atoms with Gasteiger partial charge in [-0.15, -0.1) is 0 Å². The molecular formula is C16H17BrN6O. The van der Waals surface area contributed by atoms with Crippen molar-refractivity contribution < 1.29 is 4.74 Å². The van der Waals surface area contributed by atoms with Crippen LogP contribution in [-0.4, -0.2) is 50.1 Å². The van der Waals surface area contributed by atoms with Crippen molar-refractivity contribution in [3.63, 3.8) is 0 Å². The number of rotatable bonds is 2. The smallest absolute Gasteiger partial charge is 0.172 e. The maximum Gasteiger partial charge on any atom is 0.172 e. The molecule has 2 saturated heterocycles. The van der Waals surface area contributed by atoms with Crippen molar-refractivity contribution >= 4 is 27.4 Å². The normalized spacial score (nSPS) is 22.9. The average molecular weight is 389 g/mol. The molecule has 24 heavy (non-hydrogen) atoms. The molecule has 2 atom stereocenters. The second-order valence-corrected chi connectivity index (χ2v) is 7.39. The Morgan fingerprint density at radius 1 is 1.38 bits per heavy atom. The molecule has 7 nitrogen and oxygen atoms in total. The first-order chi connectivity index (χ1) is 11.6. The fourth-order valence-corrected chi connectivity index (χ4v) is 4.21. The Balaban J connectivity index is 1.74. The number of hydrogen-bond acceptors (Lipinski definition) is 5. The van der Waals surface area contributed by atoms with Gasteiger partial charge in [-0.3, -0.25) is 5.10 Å². The molecule has 0 radical (unpaired) electrons. The van der Waals surface area contributed by atoms with Crippen molar-refractivity contribution in [3.8, 4) is 11.3 Å². The van der Waals surface area contributed by atoms with Crippen LogP contribution >= 0.6 is 15.9 Å². The number of halogens is 1. The van der Waals surface area contributed by atoms with Gasteiger partial charge in [-0.05, 0) is 36.2 Å². The molecule has 0 spiro atoms. The summed E-state index contributed by atoms with van der Waals surface area (Å²) in [6, 6.07) is 2.55. The van der Waals surface area contributed by atoms with Crippen LogP contribution in [0, 0.1) is 13.8 Å². The Hall–Kier alpha value is -1.93. The van der Waals surface area contributed by atoms with Crippen molar-refractivity contribution in [2.45, 2.75) is 32.4 Å². The highest BCUT2D eigenvalue weighted by Crippen LogP contribution is 2.35. The van der Waals surface area contributed by atoms with Crippen LogP contribution in [0.5, 0.6) is 0 Å². The zero-order valence-electron chi connectivity index (χ0n) is 13.5. The van der Waals surface area contributed by atoms with E-state index in [1.807, 2.05) is 18.4 Å². The fraction of sp³-hybridized carbons (Fsp3) is 0.438. The van der Waals surface area contributed by atoms with E-state index < -0.39 is 0 Å². The van der Waals surface area contributed by atoms with Crippen molar-refractivity contribution in [2.24, 2.45) is 0 Å². The first-order valence-corrected chi connectivity index (χ1v) is 8.85. The minimum atomic E-state index is 0.335. The van der Waals surface area contributed by atoms with Crippen molar-refractivity contribution in [2.75, 3.05) is 18.1 Å². The number of morpholine rings is 1. The summed E-state index contributed by atoms with van der Waals surface area (Å²) in [5.74, 6) is 0.981. The first-order valence-electron chi connectivity index (χ1n) is 8.06. The number of aromatic nitrogens is 5. The second-order valence-electron chi connectivity index (χ2n) is 6.53. The third-order valence-corrected chi connectivity index (χ3v) is 5.55. The van der Waals surface area contributed by atoms with Gasteiger partial charge in [0.25, 0.3) is 0 Å². The van der Waals surface area contributed by atoms with E-state index in [1.165, 1.54) is 0 Å². The van der Waals surface area contributed by atoms with Gasteiger partial charge in [0.1, 0.15) is 5.82 Å². The number of fused-ring (bicyclic) bond motifs is 3. The van der Waals surface area contributed by atoms with Gasteiger partial charge in [-0.1, -0.05) is 0 Å². The lowest BCUT2D eigenvalue weighted by atomic mass is 10.1. The topological polar surface area (TPSA) is 71.3 Å². The van der Waals surface area contributed by atoms with Crippen LogP contribution < -0.4 is 4.90 Å². The van der Waals surface area contributed by atoms with E-state index in [0.29, 0.717) is 12.1 Å². The predicted octanol–water partition coefficient (Wildman–Crippen LogP) is 2.48. The highest BCUT2D eigenvalue weighted by Gasteiger charge is 2.40. The average Bonchev–Trinajstić information content (AvgIpc) is 3.33. The van der Waals surface area contributed by atoms with Crippen LogP contribution in [0.1, 0.15) is 17.8 Å². The minimum Gasteiger partial charge on any atom is -0.374 e. The molecule has 0 unspecified atom stereocenters. The van der Waals surface area contributed by atoms with Gasteiger partial charge in [0, 0.05) is 23.9 Å². The van der Waals surface area contributed by atoms with Crippen molar-refractivity contribution in [1.29, 1.82) is 0 Å². The van der Waals surface area contributed by atoms with Gasteiger partial charge >= 0.3 is 0 Å². The van der Waals surface area contributed by atoms with E-state index in [9.17, 15) is 0 Å². The molecule has 0 amide bonds. The summed E-state index contributed by atoms with van der Waals surface area (Å²) in [7, 11) is 0. The molecule has 2 fully saturated rings. The number of hydrogen-bond donors (Lipinski definition) is 1. The van der Waals surface area contributed by atoms with Gasteiger partial charge in [0.2, 0.25) is 0 Å². The summed E-state index contributed by atoms with van der Waals surface area (Å²) in [5.41, 5.74) is 4.91. The van der Waals surface area contributed by atoms with E-state index in [4.69, 9.17) is 9.72 Å². The molecule has 2 aliphatic heterocycles. The van der Waals surface area contributed by atoms with Gasteiger partial charge in [-0.2, -0.15) is 10.2 Å². The SMILES string of the molecule is Cc1n[nH]c(C)c1-c1cc(N2C[C@@H]3C[C@H]2CO3)nc2c(Br)cnn12. The number of nitrogens with one attached hydrogen (secondary N) is 1. The highest BCUT2D eigenvalue weighted by molar-refractivity contribution is 9.10. The van der Waals surface area contributed by atoms with Gasteiger partial charge in [0.15, 0.2) is 5.65 Å². The summed E-state index contributed by atoms with van der Waals surface area (Å²) < 4.78 is 8.50. The first kappa shape index (κ1) is 14.4. The lowest BCUT2D eigenvalue weighted by molar-refractivity contribution is 0.0989. The second kappa shape index (κ2) is 5.03. The zero-order valence-corrected chi connectivity index (χ0v) is 15.0. The molecule has 0 saturated carbocycles. The van der Waals surface area contributed by atoms with Crippen LogP contribution in [-0.2, 0) is 4.74 Å². The van der Waals surface area contributed by atoms with E-state index in [-0.39, 0.29) is 0 Å². The van der Waals surface area contributed by atoms with Crippen LogP contribution in [0.15, 0.2) is 16.7 Å². The monoisotopic (exact) mass is 388 g/mol. The largest absolute Gasteiger partial charge is 0.374 e. The van der Waals surface area contributed by atoms with E-state index in [1.54, 1.807) is 6.20 Å². The van der Waals surface area contributed by atoms with E-state index >= 15 is 0 Å². The third-order valence-electron chi connectivity index (χ3n) is 4.99. The Bertz CT molecular complexity index is 928. The van der Waals surface area contributed by atoms with E-state index in [0.717, 1.165) is 58.2 Å². The minimum absolute atomic E-state index is 0.335. The maximum atomic E-state index is 5.73. The van der Waals surface area contributed by atoms with Crippen LogP contribution in [0.2, 0.25) is 0 Å². The van der Waals surface area contributed by atoms with E-state index in [2.05, 4.69) is 42.2 Å². The molecule has 0 aromatic carbocycles. The number of ether oxygens (including phenoxy) is 1. The number of H-pyrrole nitrogens is 1. The Labute approximate surface area is 147 Å². The van der Waals surface area contributed by atoms with Crippen LogP contribution in [0.4, 0.5) is 5.82 Å². The molecule has 8 heteroatoms. The summed E-state index contributed by atoms with van der Waals surface area (Å²) in [4.78, 5) is 7.22. The molecule has 2 aliphatic rings. The van der Waals surface area contributed by atoms with Crippen LogP contribution in [0.25, 0.3) is 16.9 Å². The number of aromatic amines is 1. The standard InChI is InChI=1S/C16H17BrN6O/c1-8-15(9(2)21-20-8)13-4-14(19-16-12(17)5-18-23(13)16)22-6-11-3-10(22)7-24-11/h4-5,10-11H,3,6-7H2,1-2H3,(H,20,21)/t10-,11-/m0/s1. The molecule has 0 aliphatic carbocycles. The summed E-state index contributed by atoms with van der Waals surface area (Å²) in [6.07, 6.45) is 3.22. The Morgan fingerprint density at radius 2 is 2.25 bits per heavy atom. The molecule has 3 aromatic heterocycles. The van der Waals surface area contributed by atoms with Crippen LogP contribution in [0.3, 0.4) is 0 Å². The lowest BCUT2D eigenvalue weighted by Crippen LogP contribution is -2.37. The molecular weight excluding hydrogens is 372 g/mol. The Kier molecular flexibility index (Phi) is 3.02. The van der Waals surface area contributed by atoms with Gasteiger partial charge in [-0.25, -0.2) is 9.50 Å². The summed E-state index contributed by atoms with van der Waals surface area (Å²) in [6.45, 7) is 5.74. The third kappa shape index (κ3) is 1.96. The molecule has 5 heterocycles. The van der Waals surface area contributed by atoms with Crippen molar-refractivity contribution in [1.82, 2.24) is 24.8 Å². The summed E-state index contributed by atoms with van der Waals surface area (Å²) >= 11 is 3.57. The molecule has 3 aromatic rings. The molecule has 124 valence electrons. The zero-order chi connectivity index (χ0) is 16.4.